The van der Waals surface area contributed by atoms with Gasteiger partial charge in [-0.3, -0.25) is 10.1 Å². The average molecular weight is 270 g/mol. The van der Waals surface area contributed by atoms with Gasteiger partial charge in [0.25, 0.3) is 5.69 Å². The monoisotopic (exact) mass is 270 g/mol. The van der Waals surface area contributed by atoms with Crippen molar-refractivity contribution in [3.8, 4) is 0 Å². The molecule has 7 nitrogen and oxygen atoms in total. The van der Waals surface area contributed by atoms with Crippen LogP contribution < -0.4 is 4.90 Å². The van der Waals surface area contributed by atoms with Crippen molar-refractivity contribution in [1.82, 2.24) is 0 Å². The molecule has 0 radical (unpaired) electrons. The van der Waals surface area contributed by atoms with E-state index in [0.29, 0.717) is 26.3 Å². The largest absolute Gasteiger partial charge is 0.478 e. The minimum atomic E-state index is -1.40. The summed E-state index contributed by atoms with van der Waals surface area (Å²) in [6.45, 7) is 1.40. The number of aromatic carboxylic acids is 1. The van der Waals surface area contributed by atoms with Crippen molar-refractivity contribution < 1.29 is 24.0 Å². The van der Waals surface area contributed by atoms with Gasteiger partial charge < -0.3 is 14.7 Å². The van der Waals surface area contributed by atoms with Crippen molar-refractivity contribution in [3.05, 3.63) is 33.6 Å². The third-order valence-electron chi connectivity index (χ3n) is 2.82. The van der Waals surface area contributed by atoms with E-state index >= 15 is 0 Å². The minimum absolute atomic E-state index is 0.124. The van der Waals surface area contributed by atoms with Crippen molar-refractivity contribution in [1.29, 1.82) is 0 Å². The van der Waals surface area contributed by atoms with Crippen LogP contribution in [0.15, 0.2) is 12.1 Å². The molecule has 1 heterocycles. The van der Waals surface area contributed by atoms with E-state index in [1.54, 1.807) is 0 Å². The number of nitrogens with zero attached hydrogens (tertiary/aromatic N) is 2. The first-order valence-corrected chi connectivity index (χ1v) is 5.54. The van der Waals surface area contributed by atoms with E-state index in [9.17, 15) is 19.3 Å². The van der Waals surface area contributed by atoms with Crippen LogP contribution in [-0.2, 0) is 4.74 Å². The Kier molecular flexibility index (Phi) is 3.61. The maximum atomic E-state index is 14.0. The van der Waals surface area contributed by atoms with E-state index in [2.05, 4.69) is 0 Å². The number of anilines is 1. The number of carbonyl (C=O) groups is 1. The zero-order valence-corrected chi connectivity index (χ0v) is 9.84. The summed E-state index contributed by atoms with van der Waals surface area (Å²) in [5.41, 5.74) is -1.11. The van der Waals surface area contributed by atoms with Crippen LogP contribution in [0.25, 0.3) is 0 Å². The van der Waals surface area contributed by atoms with Crippen LogP contribution in [-0.4, -0.2) is 42.3 Å². The first kappa shape index (κ1) is 13.2. The number of benzene rings is 1. The van der Waals surface area contributed by atoms with E-state index in [1.807, 2.05) is 0 Å². The van der Waals surface area contributed by atoms with Gasteiger partial charge in [0, 0.05) is 19.2 Å². The zero-order valence-electron chi connectivity index (χ0n) is 9.84. The molecule has 1 fully saturated rings. The number of nitro benzene ring substituents is 1. The first-order valence-electron chi connectivity index (χ1n) is 5.54. The lowest BCUT2D eigenvalue weighted by molar-refractivity contribution is -0.385. The number of hydrogen-bond donors (Lipinski definition) is 1. The molecule has 2 rings (SSSR count). The van der Waals surface area contributed by atoms with Gasteiger partial charge in [0.05, 0.1) is 35.5 Å². The van der Waals surface area contributed by atoms with E-state index in [-0.39, 0.29) is 5.69 Å². The minimum Gasteiger partial charge on any atom is -0.478 e. The second-order valence-corrected chi connectivity index (χ2v) is 3.99. The Hall–Kier alpha value is -2.22. The highest BCUT2D eigenvalue weighted by Gasteiger charge is 2.26. The van der Waals surface area contributed by atoms with Crippen molar-refractivity contribution in [3.63, 3.8) is 0 Å². The Balaban J connectivity index is 2.51. The van der Waals surface area contributed by atoms with Crippen LogP contribution in [0, 0.1) is 15.9 Å². The topological polar surface area (TPSA) is 92.9 Å². The molecule has 1 N–H and O–H groups in total. The maximum absolute atomic E-state index is 14.0. The maximum Gasteiger partial charge on any atom is 0.338 e. The molecular formula is C11H11FN2O5. The highest BCUT2D eigenvalue weighted by atomic mass is 19.1. The third-order valence-corrected chi connectivity index (χ3v) is 2.82. The van der Waals surface area contributed by atoms with Gasteiger partial charge in [0.2, 0.25) is 0 Å². The number of carboxylic acid groups (broad SMARTS) is 1. The van der Waals surface area contributed by atoms with Crippen molar-refractivity contribution >= 4 is 17.3 Å². The molecule has 1 aromatic carbocycles. The molecule has 1 saturated heterocycles. The predicted octanol–water partition coefficient (Wildman–Crippen LogP) is 1.27. The smallest absolute Gasteiger partial charge is 0.338 e. The van der Waals surface area contributed by atoms with Crippen LogP contribution in [0.4, 0.5) is 15.8 Å². The van der Waals surface area contributed by atoms with E-state index < -0.39 is 28.0 Å². The fourth-order valence-electron chi connectivity index (χ4n) is 1.96. The quantitative estimate of drug-likeness (QED) is 0.656. The van der Waals surface area contributed by atoms with Crippen molar-refractivity contribution in [2.75, 3.05) is 31.2 Å². The molecule has 0 atom stereocenters. The summed E-state index contributed by atoms with van der Waals surface area (Å²) in [7, 11) is 0. The molecule has 8 heteroatoms. The molecule has 1 aliphatic heterocycles. The van der Waals surface area contributed by atoms with Gasteiger partial charge in [-0.1, -0.05) is 0 Å². The lowest BCUT2D eigenvalue weighted by Gasteiger charge is -2.30. The second-order valence-electron chi connectivity index (χ2n) is 3.99. The van der Waals surface area contributed by atoms with Gasteiger partial charge in [0.15, 0.2) is 5.82 Å². The first-order chi connectivity index (χ1) is 9.00. The van der Waals surface area contributed by atoms with E-state index in [1.165, 1.54) is 4.90 Å². The van der Waals surface area contributed by atoms with Crippen LogP contribution >= 0.6 is 0 Å². The van der Waals surface area contributed by atoms with Gasteiger partial charge in [-0.15, -0.1) is 0 Å². The second kappa shape index (κ2) is 5.19. The Morgan fingerprint density at radius 1 is 1.42 bits per heavy atom. The van der Waals surface area contributed by atoms with Crippen LogP contribution in [0.2, 0.25) is 0 Å². The molecule has 0 spiro atoms. The number of hydrogen-bond acceptors (Lipinski definition) is 5. The summed E-state index contributed by atoms with van der Waals surface area (Å²) in [6.07, 6.45) is 0. The molecule has 0 saturated carbocycles. The molecule has 102 valence electrons. The Bertz CT molecular complexity index is 528. The normalized spacial score (nSPS) is 15.3. The molecule has 0 amide bonds. The predicted molar refractivity (Wildman–Crippen MR) is 63.0 cm³/mol. The molecule has 1 aliphatic rings. The molecule has 0 unspecified atom stereocenters. The fraction of sp³-hybridized carbons (Fsp3) is 0.364. The van der Waals surface area contributed by atoms with E-state index in [0.717, 1.165) is 12.1 Å². The lowest BCUT2D eigenvalue weighted by atomic mass is 10.1. The molecule has 0 aromatic heterocycles. The fourth-order valence-corrected chi connectivity index (χ4v) is 1.96. The SMILES string of the molecule is O=C(O)c1cc([N+](=O)[O-])cc(F)c1N1CCOCC1. The van der Waals surface area contributed by atoms with Crippen LogP contribution in [0.1, 0.15) is 10.4 Å². The average Bonchev–Trinajstić information content (AvgIpc) is 2.38. The van der Waals surface area contributed by atoms with Crippen LogP contribution in [0.3, 0.4) is 0 Å². The zero-order chi connectivity index (χ0) is 14.0. The summed E-state index contributed by atoms with van der Waals surface area (Å²) < 4.78 is 19.1. The number of nitro groups is 1. The summed E-state index contributed by atoms with van der Waals surface area (Å²) in [5.74, 6) is -2.31. The summed E-state index contributed by atoms with van der Waals surface area (Å²) in [5, 5.41) is 19.7. The van der Waals surface area contributed by atoms with Gasteiger partial charge in [0.1, 0.15) is 0 Å². The van der Waals surface area contributed by atoms with Gasteiger partial charge in [-0.25, -0.2) is 9.18 Å². The summed E-state index contributed by atoms with van der Waals surface area (Å²) in [6, 6.07) is 1.60. The third kappa shape index (κ3) is 2.63. The summed E-state index contributed by atoms with van der Waals surface area (Å²) >= 11 is 0. The number of non-ortho nitro benzene ring substituents is 1. The number of halogens is 1. The van der Waals surface area contributed by atoms with E-state index in [4.69, 9.17) is 9.84 Å². The number of ether oxygens (including phenoxy) is 1. The highest BCUT2D eigenvalue weighted by Crippen LogP contribution is 2.30. The number of morpholine rings is 1. The lowest BCUT2D eigenvalue weighted by Crippen LogP contribution is -2.37. The van der Waals surface area contributed by atoms with Crippen LogP contribution in [0.5, 0.6) is 0 Å². The van der Waals surface area contributed by atoms with Crippen molar-refractivity contribution in [2.45, 2.75) is 0 Å². The Morgan fingerprint density at radius 2 is 2.05 bits per heavy atom. The Morgan fingerprint density at radius 3 is 2.58 bits per heavy atom. The standard InChI is InChI=1S/C11H11FN2O5/c12-9-6-7(14(17)18)5-8(11(15)16)10(9)13-1-3-19-4-2-13/h5-6H,1-4H2,(H,15,16). The van der Waals surface area contributed by atoms with Gasteiger partial charge in [-0.2, -0.15) is 0 Å². The number of carboxylic acids is 1. The van der Waals surface area contributed by atoms with Crippen molar-refractivity contribution in [2.24, 2.45) is 0 Å². The molecule has 19 heavy (non-hydrogen) atoms. The van der Waals surface area contributed by atoms with Gasteiger partial charge in [-0.05, 0) is 0 Å². The molecular weight excluding hydrogens is 259 g/mol. The molecule has 1 aromatic rings. The molecule has 0 bridgehead atoms. The highest BCUT2D eigenvalue weighted by molar-refractivity contribution is 5.95. The Labute approximate surface area is 107 Å². The molecule has 0 aliphatic carbocycles. The summed E-state index contributed by atoms with van der Waals surface area (Å²) in [4.78, 5) is 22.5. The van der Waals surface area contributed by atoms with Gasteiger partial charge >= 0.3 is 5.97 Å². The number of rotatable bonds is 3.